The highest BCUT2D eigenvalue weighted by atomic mass is 32.1. The number of hydrogen-bond acceptors (Lipinski definition) is 5. The maximum Gasteiger partial charge on any atom is 0.306 e. The fourth-order valence-electron chi connectivity index (χ4n) is 1.72. The second kappa shape index (κ2) is 6.75. The van der Waals surface area contributed by atoms with E-state index in [1.807, 2.05) is 0 Å². The SMILES string of the molecule is O=[N+]([O-])c1cccc(NC(=S)Nc2ccc(F)c([N+](=O)[O-])c2)c1. The smallest absolute Gasteiger partial charge is 0.306 e. The molecule has 0 radical (unpaired) electrons. The minimum atomic E-state index is -0.960. The first-order valence-corrected chi connectivity index (χ1v) is 6.54. The van der Waals surface area contributed by atoms with Gasteiger partial charge in [0.25, 0.3) is 5.69 Å². The van der Waals surface area contributed by atoms with Crippen LogP contribution in [0.15, 0.2) is 42.5 Å². The Bertz CT molecular complexity index is 799. The Kier molecular flexibility index (Phi) is 4.76. The second-order valence-electron chi connectivity index (χ2n) is 4.31. The molecule has 0 aliphatic heterocycles. The number of non-ortho nitro benzene ring substituents is 1. The molecule has 0 saturated heterocycles. The molecule has 0 bridgehead atoms. The average Bonchev–Trinajstić information content (AvgIpc) is 2.49. The highest BCUT2D eigenvalue weighted by Gasteiger charge is 2.15. The van der Waals surface area contributed by atoms with Gasteiger partial charge in [0.15, 0.2) is 5.11 Å². The Hall–Kier alpha value is -3.14. The number of nitrogens with zero attached hydrogens (tertiary/aromatic N) is 2. The molecule has 0 aromatic heterocycles. The Morgan fingerprint density at radius 2 is 1.65 bits per heavy atom. The molecule has 0 heterocycles. The van der Waals surface area contributed by atoms with E-state index in [0.29, 0.717) is 5.69 Å². The van der Waals surface area contributed by atoms with Crippen LogP contribution in [0.4, 0.5) is 27.1 Å². The molecule has 0 unspecified atom stereocenters. The van der Waals surface area contributed by atoms with E-state index in [4.69, 9.17) is 12.2 Å². The minimum absolute atomic E-state index is 0.0476. The zero-order valence-electron chi connectivity index (χ0n) is 11.4. The molecule has 0 fully saturated rings. The molecule has 0 amide bonds. The van der Waals surface area contributed by atoms with Crippen LogP contribution in [-0.2, 0) is 0 Å². The third-order valence-corrected chi connectivity index (χ3v) is 2.92. The summed E-state index contributed by atoms with van der Waals surface area (Å²) in [5.74, 6) is -0.960. The van der Waals surface area contributed by atoms with Crippen LogP contribution in [0, 0.1) is 26.0 Å². The third-order valence-electron chi connectivity index (χ3n) is 2.72. The van der Waals surface area contributed by atoms with Gasteiger partial charge in [0.2, 0.25) is 5.82 Å². The van der Waals surface area contributed by atoms with E-state index >= 15 is 0 Å². The molecule has 0 atom stereocenters. The summed E-state index contributed by atoms with van der Waals surface area (Å²) in [6, 6.07) is 8.86. The largest absolute Gasteiger partial charge is 0.332 e. The van der Waals surface area contributed by atoms with Crippen LogP contribution >= 0.6 is 12.2 Å². The first-order chi connectivity index (χ1) is 10.9. The maximum atomic E-state index is 13.2. The Morgan fingerprint density at radius 3 is 2.26 bits per heavy atom. The summed E-state index contributed by atoms with van der Waals surface area (Å²) in [5.41, 5.74) is -0.224. The number of nitrogens with one attached hydrogen (secondary N) is 2. The summed E-state index contributed by atoms with van der Waals surface area (Å²) in [4.78, 5) is 20.0. The summed E-state index contributed by atoms with van der Waals surface area (Å²) in [7, 11) is 0. The lowest BCUT2D eigenvalue weighted by molar-refractivity contribution is -0.387. The number of halogens is 1. The number of thiocarbonyl (C=S) groups is 1. The van der Waals surface area contributed by atoms with Crippen LogP contribution in [0.3, 0.4) is 0 Å². The highest BCUT2D eigenvalue weighted by molar-refractivity contribution is 7.80. The zero-order chi connectivity index (χ0) is 17.0. The predicted octanol–water partition coefficient (Wildman–Crippen LogP) is 3.45. The van der Waals surface area contributed by atoms with Crippen molar-refractivity contribution in [1.82, 2.24) is 0 Å². The Labute approximate surface area is 134 Å². The van der Waals surface area contributed by atoms with Crippen molar-refractivity contribution in [1.29, 1.82) is 0 Å². The van der Waals surface area contributed by atoms with Gasteiger partial charge in [0.05, 0.1) is 9.85 Å². The van der Waals surface area contributed by atoms with Gasteiger partial charge < -0.3 is 10.6 Å². The average molecular weight is 336 g/mol. The first-order valence-electron chi connectivity index (χ1n) is 6.13. The zero-order valence-corrected chi connectivity index (χ0v) is 12.2. The molecular weight excluding hydrogens is 327 g/mol. The van der Waals surface area contributed by atoms with Crippen molar-refractivity contribution < 1.29 is 14.2 Å². The van der Waals surface area contributed by atoms with E-state index < -0.39 is 21.4 Å². The molecule has 2 N–H and O–H groups in total. The monoisotopic (exact) mass is 336 g/mol. The molecule has 8 nitrogen and oxygen atoms in total. The number of rotatable bonds is 4. The molecule has 23 heavy (non-hydrogen) atoms. The fourth-order valence-corrected chi connectivity index (χ4v) is 1.96. The number of hydrogen-bond donors (Lipinski definition) is 2. The predicted molar refractivity (Wildman–Crippen MR) is 86.0 cm³/mol. The van der Waals surface area contributed by atoms with Crippen LogP contribution in [0.5, 0.6) is 0 Å². The van der Waals surface area contributed by atoms with E-state index in [-0.39, 0.29) is 16.5 Å². The van der Waals surface area contributed by atoms with Crippen molar-refractivity contribution in [2.45, 2.75) is 0 Å². The molecule has 10 heteroatoms. The molecule has 0 spiro atoms. The van der Waals surface area contributed by atoms with E-state index in [1.165, 1.54) is 24.3 Å². The standard InChI is InChI=1S/C13H9FN4O4S/c14-11-5-4-9(7-12(11)18(21)22)16-13(23)15-8-2-1-3-10(6-8)17(19)20/h1-7H,(H2,15,16,23). The van der Waals surface area contributed by atoms with E-state index in [2.05, 4.69) is 10.6 Å². The lowest BCUT2D eigenvalue weighted by Gasteiger charge is -2.10. The topological polar surface area (TPSA) is 110 Å². The van der Waals surface area contributed by atoms with Crippen molar-refractivity contribution in [2.24, 2.45) is 0 Å². The third kappa shape index (κ3) is 4.17. The molecule has 118 valence electrons. The lowest BCUT2D eigenvalue weighted by atomic mass is 10.2. The van der Waals surface area contributed by atoms with Crippen LogP contribution in [0.2, 0.25) is 0 Å². The minimum Gasteiger partial charge on any atom is -0.332 e. The van der Waals surface area contributed by atoms with Crippen LogP contribution in [-0.4, -0.2) is 15.0 Å². The summed E-state index contributed by atoms with van der Waals surface area (Å²) < 4.78 is 13.2. The van der Waals surface area contributed by atoms with Crippen molar-refractivity contribution in [2.75, 3.05) is 10.6 Å². The second-order valence-corrected chi connectivity index (χ2v) is 4.72. The van der Waals surface area contributed by atoms with Crippen LogP contribution in [0.1, 0.15) is 0 Å². The van der Waals surface area contributed by atoms with Gasteiger partial charge in [-0.3, -0.25) is 20.2 Å². The van der Waals surface area contributed by atoms with Crippen molar-refractivity contribution in [3.05, 3.63) is 68.5 Å². The summed E-state index contributed by atoms with van der Waals surface area (Å²) in [6.45, 7) is 0. The van der Waals surface area contributed by atoms with Gasteiger partial charge in [-0.1, -0.05) is 6.07 Å². The molecule has 0 saturated carbocycles. The van der Waals surface area contributed by atoms with Gasteiger partial charge in [0, 0.05) is 29.6 Å². The maximum absolute atomic E-state index is 13.2. The normalized spacial score (nSPS) is 9.96. The quantitative estimate of drug-likeness (QED) is 0.500. The molecule has 2 aromatic carbocycles. The fraction of sp³-hybridized carbons (Fsp3) is 0. The number of nitro groups is 2. The van der Waals surface area contributed by atoms with Gasteiger partial charge in [0.1, 0.15) is 0 Å². The van der Waals surface area contributed by atoms with Gasteiger partial charge in [-0.15, -0.1) is 0 Å². The highest BCUT2D eigenvalue weighted by Crippen LogP contribution is 2.22. The molecule has 2 rings (SSSR count). The van der Waals surface area contributed by atoms with E-state index in [0.717, 1.165) is 12.1 Å². The summed E-state index contributed by atoms with van der Waals surface area (Å²) in [6.07, 6.45) is 0. The van der Waals surface area contributed by atoms with Gasteiger partial charge in [-0.25, -0.2) is 0 Å². The van der Waals surface area contributed by atoms with Gasteiger partial charge in [-0.05, 0) is 30.4 Å². The number of anilines is 2. The molecule has 0 aliphatic carbocycles. The van der Waals surface area contributed by atoms with Gasteiger partial charge in [-0.2, -0.15) is 4.39 Å². The van der Waals surface area contributed by atoms with Crippen LogP contribution in [0.25, 0.3) is 0 Å². The molecule has 0 aliphatic rings. The van der Waals surface area contributed by atoms with E-state index in [9.17, 15) is 24.6 Å². The first kappa shape index (κ1) is 16.2. The van der Waals surface area contributed by atoms with Crippen molar-refractivity contribution in [3.63, 3.8) is 0 Å². The van der Waals surface area contributed by atoms with Crippen molar-refractivity contribution >= 4 is 40.1 Å². The van der Waals surface area contributed by atoms with E-state index in [1.54, 1.807) is 6.07 Å². The van der Waals surface area contributed by atoms with Crippen LogP contribution < -0.4 is 10.6 Å². The van der Waals surface area contributed by atoms with Crippen molar-refractivity contribution in [3.8, 4) is 0 Å². The molecule has 2 aromatic rings. The van der Waals surface area contributed by atoms with Gasteiger partial charge >= 0.3 is 5.69 Å². The lowest BCUT2D eigenvalue weighted by Crippen LogP contribution is -2.19. The summed E-state index contributed by atoms with van der Waals surface area (Å²) >= 11 is 5.01. The number of benzene rings is 2. The Morgan fingerprint density at radius 1 is 1.00 bits per heavy atom. The summed E-state index contributed by atoms with van der Waals surface area (Å²) in [5, 5.41) is 26.8. The molecular formula is C13H9FN4O4S. The Balaban J connectivity index is 2.11. The number of nitro benzene ring substituents is 2.